The third-order valence-electron chi connectivity index (χ3n) is 4.63. The van der Waals surface area contributed by atoms with E-state index in [1.54, 1.807) is 18.4 Å². The molecule has 3 rings (SSSR count). The largest absolute Gasteiger partial charge is 0.449 e. The number of aromatic nitrogens is 3. The Kier molecular flexibility index (Phi) is 4.74. The molecule has 0 saturated heterocycles. The monoisotopic (exact) mass is 344 g/mol. The molecule has 7 heteroatoms. The van der Waals surface area contributed by atoms with Crippen molar-refractivity contribution in [3.63, 3.8) is 0 Å². The molecule has 25 heavy (non-hydrogen) atoms. The number of hydrogen-bond donors (Lipinski definition) is 1. The molecule has 0 radical (unpaired) electrons. The summed E-state index contributed by atoms with van der Waals surface area (Å²) in [6.45, 7) is 7.10. The lowest BCUT2D eigenvalue weighted by atomic mass is 10.2. The Morgan fingerprint density at radius 1 is 1.28 bits per heavy atom. The molecule has 134 valence electrons. The first-order valence-electron chi connectivity index (χ1n) is 8.71. The highest BCUT2D eigenvalue weighted by Gasteiger charge is 2.27. The van der Waals surface area contributed by atoms with E-state index in [9.17, 15) is 9.59 Å². The molecule has 1 amide bonds. The fourth-order valence-corrected chi connectivity index (χ4v) is 3.33. The van der Waals surface area contributed by atoms with Crippen LogP contribution in [0.2, 0.25) is 0 Å². The van der Waals surface area contributed by atoms with Gasteiger partial charge in [0.05, 0.1) is 5.69 Å². The van der Waals surface area contributed by atoms with E-state index in [-0.39, 0.29) is 11.9 Å². The van der Waals surface area contributed by atoms with E-state index in [0.717, 1.165) is 37.1 Å². The van der Waals surface area contributed by atoms with Crippen molar-refractivity contribution in [2.45, 2.75) is 65.5 Å². The fourth-order valence-electron chi connectivity index (χ4n) is 3.33. The maximum Gasteiger partial charge on any atom is 0.344 e. The van der Waals surface area contributed by atoms with Gasteiger partial charge in [-0.3, -0.25) is 4.79 Å². The first-order valence-corrected chi connectivity index (χ1v) is 8.71. The van der Waals surface area contributed by atoms with Crippen molar-refractivity contribution >= 4 is 17.5 Å². The van der Waals surface area contributed by atoms with Crippen molar-refractivity contribution < 1.29 is 14.3 Å². The van der Waals surface area contributed by atoms with E-state index in [0.29, 0.717) is 16.9 Å². The van der Waals surface area contributed by atoms with Gasteiger partial charge in [0.1, 0.15) is 5.56 Å². The van der Waals surface area contributed by atoms with Crippen LogP contribution in [0.5, 0.6) is 0 Å². The zero-order valence-electron chi connectivity index (χ0n) is 15.1. The van der Waals surface area contributed by atoms with Crippen molar-refractivity contribution in [1.29, 1.82) is 0 Å². The lowest BCUT2D eigenvalue weighted by Crippen LogP contribution is -2.40. The molecule has 0 bridgehead atoms. The standard InChI is InChI=1S/C18H24N4O3/c1-10-9-11(2)22-16(19-10)15(12(3)21-22)18(24)25-13(4)17(23)20-14-7-5-6-8-14/h9,13-14H,5-8H2,1-4H3,(H,20,23). The van der Waals surface area contributed by atoms with Gasteiger partial charge in [-0.25, -0.2) is 14.3 Å². The van der Waals surface area contributed by atoms with Crippen LogP contribution < -0.4 is 5.32 Å². The number of aryl methyl sites for hydroxylation is 3. The Labute approximate surface area is 146 Å². The Morgan fingerprint density at radius 3 is 2.64 bits per heavy atom. The van der Waals surface area contributed by atoms with E-state index < -0.39 is 12.1 Å². The fraction of sp³-hybridized carbons (Fsp3) is 0.556. The van der Waals surface area contributed by atoms with Gasteiger partial charge in [0.15, 0.2) is 11.8 Å². The Hall–Kier alpha value is -2.44. The molecule has 2 aromatic heterocycles. The second kappa shape index (κ2) is 6.82. The van der Waals surface area contributed by atoms with E-state index >= 15 is 0 Å². The number of nitrogens with zero attached hydrogens (tertiary/aromatic N) is 3. The highest BCUT2D eigenvalue weighted by atomic mass is 16.5. The molecule has 0 spiro atoms. The number of carbonyl (C=O) groups is 2. The van der Waals surface area contributed by atoms with Gasteiger partial charge in [0.25, 0.3) is 5.91 Å². The Bertz CT molecular complexity index is 821. The van der Waals surface area contributed by atoms with Crippen LogP contribution in [-0.2, 0) is 9.53 Å². The van der Waals surface area contributed by atoms with Gasteiger partial charge >= 0.3 is 5.97 Å². The van der Waals surface area contributed by atoms with Crippen LogP contribution in [0.4, 0.5) is 0 Å². The van der Waals surface area contributed by atoms with Gasteiger partial charge in [-0.2, -0.15) is 5.10 Å². The minimum absolute atomic E-state index is 0.194. The maximum absolute atomic E-state index is 12.6. The van der Waals surface area contributed by atoms with Gasteiger partial charge in [0, 0.05) is 17.4 Å². The number of esters is 1. The number of nitrogens with one attached hydrogen (secondary N) is 1. The van der Waals surface area contributed by atoms with Gasteiger partial charge in [0.2, 0.25) is 0 Å². The number of rotatable bonds is 4. The predicted molar refractivity (Wildman–Crippen MR) is 92.5 cm³/mol. The molecule has 1 N–H and O–H groups in total. The van der Waals surface area contributed by atoms with E-state index in [4.69, 9.17) is 4.74 Å². The number of ether oxygens (including phenoxy) is 1. The van der Waals surface area contributed by atoms with Gasteiger partial charge in [-0.15, -0.1) is 0 Å². The number of carbonyl (C=O) groups excluding carboxylic acids is 2. The smallest absolute Gasteiger partial charge is 0.344 e. The third-order valence-corrected chi connectivity index (χ3v) is 4.63. The van der Waals surface area contributed by atoms with Crippen molar-refractivity contribution in [1.82, 2.24) is 19.9 Å². The predicted octanol–water partition coefficient (Wildman–Crippen LogP) is 2.26. The summed E-state index contributed by atoms with van der Waals surface area (Å²) in [7, 11) is 0. The summed E-state index contributed by atoms with van der Waals surface area (Å²) in [6.07, 6.45) is 3.38. The molecule has 1 unspecified atom stereocenters. The molecule has 7 nitrogen and oxygen atoms in total. The van der Waals surface area contributed by atoms with Crippen LogP contribution in [-0.4, -0.2) is 38.6 Å². The topological polar surface area (TPSA) is 85.6 Å². The van der Waals surface area contributed by atoms with E-state index in [1.807, 2.05) is 19.9 Å². The first kappa shape index (κ1) is 17.4. The summed E-state index contributed by atoms with van der Waals surface area (Å²) in [5, 5.41) is 7.31. The quantitative estimate of drug-likeness (QED) is 0.860. The van der Waals surface area contributed by atoms with Gasteiger partial charge < -0.3 is 10.1 Å². The minimum Gasteiger partial charge on any atom is -0.449 e. The number of fused-ring (bicyclic) bond motifs is 1. The molecule has 1 fully saturated rings. The first-order chi connectivity index (χ1) is 11.9. The normalized spacial score (nSPS) is 16.2. The van der Waals surface area contributed by atoms with Crippen LogP contribution in [0.15, 0.2) is 6.07 Å². The highest BCUT2D eigenvalue weighted by molar-refractivity contribution is 5.98. The second-order valence-corrected chi connectivity index (χ2v) is 6.77. The van der Waals surface area contributed by atoms with E-state index in [1.165, 1.54) is 0 Å². The molecule has 1 atom stereocenters. The molecular formula is C18H24N4O3. The average molecular weight is 344 g/mol. The SMILES string of the molecule is Cc1cc(C)n2nc(C)c(C(=O)OC(C)C(=O)NC3CCCC3)c2n1. The molecular weight excluding hydrogens is 320 g/mol. The molecule has 1 aliphatic rings. The van der Waals surface area contributed by atoms with Gasteiger partial charge in [-0.1, -0.05) is 12.8 Å². The zero-order chi connectivity index (χ0) is 18.1. The lowest BCUT2D eigenvalue weighted by molar-refractivity contribution is -0.129. The summed E-state index contributed by atoms with van der Waals surface area (Å²) in [5.41, 5.74) is 2.99. The Morgan fingerprint density at radius 2 is 1.96 bits per heavy atom. The van der Waals surface area contributed by atoms with Crippen molar-refractivity contribution in [2.75, 3.05) is 0 Å². The summed E-state index contributed by atoms with van der Waals surface area (Å²) in [4.78, 5) is 29.3. The van der Waals surface area contributed by atoms with E-state index in [2.05, 4.69) is 15.4 Å². The molecule has 0 aliphatic heterocycles. The van der Waals surface area contributed by atoms with Crippen LogP contribution in [0.3, 0.4) is 0 Å². The molecule has 2 heterocycles. The summed E-state index contributed by atoms with van der Waals surface area (Å²) in [5.74, 6) is -0.825. The van der Waals surface area contributed by atoms with Crippen LogP contribution in [0, 0.1) is 20.8 Å². The third kappa shape index (κ3) is 3.50. The molecule has 1 saturated carbocycles. The van der Waals surface area contributed by atoms with Crippen molar-refractivity contribution in [3.8, 4) is 0 Å². The average Bonchev–Trinajstić information content (AvgIpc) is 3.14. The summed E-state index contributed by atoms with van der Waals surface area (Å²) >= 11 is 0. The summed E-state index contributed by atoms with van der Waals surface area (Å²) < 4.78 is 7.02. The Balaban J connectivity index is 1.77. The lowest BCUT2D eigenvalue weighted by Gasteiger charge is -2.17. The van der Waals surface area contributed by atoms with Crippen LogP contribution in [0.25, 0.3) is 5.65 Å². The zero-order valence-corrected chi connectivity index (χ0v) is 15.1. The van der Waals surface area contributed by atoms with Gasteiger partial charge in [-0.05, 0) is 46.6 Å². The van der Waals surface area contributed by atoms with Crippen LogP contribution >= 0.6 is 0 Å². The van der Waals surface area contributed by atoms with Crippen molar-refractivity contribution in [2.24, 2.45) is 0 Å². The number of hydrogen-bond acceptors (Lipinski definition) is 5. The number of amides is 1. The molecule has 1 aliphatic carbocycles. The highest BCUT2D eigenvalue weighted by Crippen LogP contribution is 2.19. The molecule has 0 aromatic carbocycles. The van der Waals surface area contributed by atoms with Crippen LogP contribution in [0.1, 0.15) is 60.0 Å². The minimum atomic E-state index is -0.853. The second-order valence-electron chi connectivity index (χ2n) is 6.77. The maximum atomic E-state index is 12.6. The molecule has 2 aromatic rings. The summed E-state index contributed by atoms with van der Waals surface area (Å²) in [6, 6.07) is 2.09. The van der Waals surface area contributed by atoms with Crippen molar-refractivity contribution in [3.05, 3.63) is 28.7 Å².